The molecule has 0 amide bonds. The van der Waals surface area contributed by atoms with E-state index in [1.165, 1.54) is 0 Å². The smallest absolute Gasteiger partial charge is 0.317 e. The summed E-state index contributed by atoms with van der Waals surface area (Å²) < 4.78 is 17.0. The lowest BCUT2D eigenvalue weighted by molar-refractivity contribution is -0.154. The molecule has 0 radical (unpaired) electrons. The highest BCUT2D eigenvalue weighted by Gasteiger charge is 2.63. The Morgan fingerprint density at radius 3 is 1.65 bits per heavy atom. The van der Waals surface area contributed by atoms with Crippen LogP contribution in [0.2, 0.25) is 36.8 Å². The zero-order valence-electron chi connectivity index (χ0n) is 20.3. The van der Waals surface area contributed by atoms with Gasteiger partial charge < -0.3 is 13.9 Å². The molecule has 2 rings (SSSR count). The van der Waals surface area contributed by atoms with E-state index < -0.39 is 62.0 Å². The summed E-state index contributed by atoms with van der Waals surface area (Å²) in [6.07, 6.45) is 3.01. The molecule has 0 aromatic rings. The third kappa shape index (κ3) is 4.08. The van der Waals surface area contributed by atoms with Crippen LogP contribution in [0.5, 0.6) is 0 Å². The summed E-state index contributed by atoms with van der Waals surface area (Å²) in [6, 6.07) is 0. The molecule has 2 saturated heterocycles. The number of cyclic esters (lactones) is 4. The van der Waals surface area contributed by atoms with Crippen LogP contribution in [0, 0.1) is 5.92 Å². The molecule has 9 heteroatoms. The second-order valence-electron chi connectivity index (χ2n) is 10.00. The summed E-state index contributed by atoms with van der Waals surface area (Å²) in [4.78, 5) is 48.9. The summed E-state index contributed by atoms with van der Waals surface area (Å²) in [5.74, 6) is -2.32. The van der Waals surface area contributed by atoms with Gasteiger partial charge in [0.05, 0.1) is 32.4 Å². The van der Waals surface area contributed by atoms with Crippen molar-refractivity contribution in [2.45, 2.75) is 108 Å². The fourth-order valence-corrected chi connectivity index (χ4v) is 16.1. The molecule has 2 unspecified atom stereocenters. The van der Waals surface area contributed by atoms with E-state index in [-0.39, 0.29) is 12.8 Å². The number of carbonyl (C=O) groups excluding carboxylic acids is 4. The molecule has 0 aromatic carbocycles. The van der Waals surface area contributed by atoms with E-state index in [2.05, 4.69) is 40.0 Å². The van der Waals surface area contributed by atoms with Crippen molar-refractivity contribution in [2.75, 3.05) is 0 Å². The predicted octanol–water partition coefficient (Wildman–Crippen LogP) is 4.51. The van der Waals surface area contributed by atoms with Gasteiger partial charge in [0.25, 0.3) is 0 Å². The highest BCUT2D eigenvalue weighted by molar-refractivity contribution is 6.86. The van der Waals surface area contributed by atoms with Crippen LogP contribution in [0.3, 0.4) is 0 Å². The van der Waals surface area contributed by atoms with E-state index in [1.807, 2.05) is 13.8 Å². The van der Waals surface area contributed by atoms with E-state index in [9.17, 15) is 19.2 Å². The van der Waals surface area contributed by atoms with Crippen LogP contribution in [0.4, 0.5) is 0 Å². The minimum atomic E-state index is -2.65. The molecular weight excluding hydrogens is 432 g/mol. The molecule has 2 aliphatic heterocycles. The summed E-state index contributed by atoms with van der Waals surface area (Å²) in [5, 5.41) is -1.03. The van der Waals surface area contributed by atoms with Crippen molar-refractivity contribution < 1.29 is 33.1 Å². The summed E-state index contributed by atoms with van der Waals surface area (Å²) in [5.41, 5.74) is -0.444. The van der Waals surface area contributed by atoms with Gasteiger partial charge in [-0.1, -0.05) is 40.8 Å². The topological polar surface area (TPSA) is 96.0 Å². The van der Waals surface area contributed by atoms with Crippen LogP contribution < -0.4 is 0 Å². The largest absolute Gasteiger partial charge is 0.414 e. The summed E-state index contributed by atoms with van der Waals surface area (Å²) in [7, 11) is -5.16. The van der Waals surface area contributed by atoms with Gasteiger partial charge in [0.15, 0.2) is 8.32 Å². The molecule has 2 aliphatic rings. The van der Waals surface area contributed by atoms with E-state index in [4.69, 9.17) is 13.9 Å². The van der Waals surface area contributed by atoms with E-state index in [1.54, 1.807) is 0 Å². The summed E-state index contributed by atoms with van der Waals surface area (Å²) in [6.45, 7) is 16.7. The third-order valence-corrected chi connectivity index (χ3v) is 18.4. The second-order valence-corrected chi connectivity index (χ2v) is 19.3. The van der Waals surface area contributed by atoms with E-state index in [0.717, 1.165) is 0 Å². The van der Waals surface area contributed by atoms with Crippen molar-refractivity contribution in [3.05, 3.63) is 0 Å². The monoisotopic (exact) mass is 470 g/mol. The Hall–Kier alpha value is -1.33. The highest BCUT2D eigenvalue weighted by atomic mass is 28.4. The lowest BCUT2D eigenvalue weighted by Gasteiger charge is -2.55. The van der Waals surface area contributed by atoms with Gasteiger partial charge in [-0.25, -0.2) is 0 Å². The van der Waals surface area contributed by atoms with Crippen LogP contribution in [0.25, 0.3) is 0 Å². The maximum absolute atomic E-state index is 12.6. The predicted molar refractivity (Wildman–Crippen MR) is 121 cm³/mol. The first-order chi connectivity index (χ1) is 14.3. The van der Waals surface area contributed by atoms with Gasteiger partial charge in [-0.05, 0) is 38.8 Å². The van der Waals surface area contributed by atoms with Crippen molar-refractivity contribution in [1.29, 1.82) is 0 Å². The third-order valence-electron chi connectivity index (χ3n) is 8.51. The number of esters is 4. The first kappa shape index (κ1) is 25.9. The van der Waals surface area contributed by atoms with E-state index in [0.29, 0.717) is 25.7 Å². The van der Waals surface area contributed by atoms with Gasteiger partial charge >= 0.3 is 23.9 Å². The fraction of sp³-hybridized carbons (Fsp3) is 0.818. The molecule has 2 atom stereocenters. The molecule has 176 valence electrons. The average Bonchev–Trinajstić information content (AvgIpc) is 3.21. The van der Waals surface area contributed by atoms with Gasteiger partial charge in [-0.15, -0.1) is 0 Å². The molecule has 7 nitrogen and oxygen atoms in total. The molecule has 0 saturated carbocycles. The summed E-state index contributed by atoms with van der Waals surface area (Å²) >= 11 is 0. The van der Waals surface area contributed by atoms with Crippen LogP contribution in [-0.4, -0.2) is 45.5 Å². The molecule has 2 fully saturated rings. The van der Waals surface area contributed by atoms with Gasteiger partial charge in [0.1, 0.15) is 0 Å². The van der Waals surface area contributed by atoms with Crippen LogP contribution >= 0.6 is 0 Å². The quantitative estimate of drug-likeness (QED) is 0.263. The van der Waals surface area contributed by atoms with Crippen molar-refractivity contribution >= 4 is 40.3 Å². The minimum Gasteiger partial charge on any atom is -0.414 e. The Bertz CT molecular complexity index is 751. The van der Waals surface area contributed by atoms with Gasteiger partial charge in [-0.3, -0.25) is 19.2 Å². The minimum absolute atomic E-state index is 0.0931. The van der Waals surface area contributed by atoms with Crippen molar-refractivity contribution in [3.63, 3.8) is 0 Å². The number of rotatable bonds is 10. The lowest BCUT2D eigenvalue weighted by Crippen LogP contribution is -2.65. The zero-order valence-corrected chi connectivity index (χ0v) is 22.3. The van der Waals surface area contributed by atoms with Gasteiger partial charge in [-0.2, -0.15) is 0 Å². The maximum Gasteiger partial charge on any atom is 0.317 e. The first-order valence-corrected chi connectivity index (χ1v) is 17.4. The number of ether oxygens (including phenoxy) is 2. The molecule has 0 N–H and O–H groups in total. The molecular formula is C22H38O7Si2. The molecule has 31 heavy (non-hydrogen) atoms. The molecule has 0 aliphatic carbocycles. The Kier molecular flexibility index (Phi) is 7.44. The number of hydrogen-bond acceptors (Lipinski definition) is 7. The standard InChI is InChI=1S/C22H38O7Si2/c1-9-21(10-2,15-13-17(23)27-19(15)25)31(7,8)29-22(11-3,12-4)30(5,6)16-14-18(24)28-20(16)26/h15-16H,9-14H2,1-8H3. The Morgan fingerprint density at radius 2 is 1.29 bits per heavy atom. The second kappa shape index (κ2) is 8.90. The first-order valence-electron chi connectivity index (χ1n) is 11.5. The highest BCUT2D eigenvalue weighted by Crippen LogP contribution is 2.57. The van der Waals surface area contributed by atoms with E-state index >= 15 is 0 Å². The van der Waals surface area contributed by atoms with Crippen molar-refractivity contribution in [1.82, 2.24) is 0 Å². The maximum atomic E-state index is 12.6. The number of carbonyl (C=O) groups is 4. The van der Waals surface area contributed by atoms with Crippen LogP contribution in [-0.2, 0) is 33.1 Å². The Morgan fingerprint density at radius 1 is 0.806 bits per heavy atom. The normalized spacial score (nSPS) is 23.4. The average molecular weight is 471 g/mol. The number of hydrogen-bond donors (Lipinski definition) is 0. The molecule has 0 bridgehead atoms. The van der Waals surface area contributed by atoms with Crippen molar-refractivity contribution in [3.8, 4) is 0 Å². The van der Waals surface area contributed by atoms with Crippen molar-refractivity contribution in [2.24, 2.45) is 5.92 Å². The van der Waals surface area contributed by atoms with Crippen LogP contribution in [0.1, 0.15) is 66.2 Å². The molecule has 0 spiro atoms. The van der Waals surface area contributed by atoms with Gasteiger partial charge in [0.2, 0.25) is 0 Å². The lowest BCUT2D eigenvalue weighted by atomic mass is 9.85. The molecule has 2 heterocycles. The molecule has 0 aromatic heterocycles. The fourth-order valence-electron chi connectivity index (χ4n) is 6.28. The SMILES string of the molecule is CCC(CC)(C1CC(=O)OC1=O)[Si](C)(C)OC(CC)(CC)[Si](C)(C)C1CC(=O)OC1=O. The Balaban J connectivity index is 2.52. The van der Waals surface area contributed by atoms with Crippen LogP contribution in [0.15, 0.2) is 0 Å². The Labute approximate surface area is 187 Å². The van der Waals surface area contributed by atoms with Gasteiger partial charge in [0, 0.05) is 10.3 Å². The zero-order chi connectivity index (χ0) is 23.8.